The van der Waals surface area contributed by atoms with Crippen molar-refractivity contribution in [2.75, 3.05) is 5.32 Å². The summed E-state index contributed by atoms with van der Waals surface area (Å²) in [6, 6.07) is 19.2. The average Bonchev–Trinajstić information content (AvgIpc) is 3.07. The fraction of sp³-hybridized carbons (Fsp3) is 0.0870. The molecule has 149 valence electrons. The van der Waals surface area contributed by atoms with Crippen molar-refractivity contribution >= 4 is 34.9 Å². The van der Waals surface area contributed by atoms with Crippen LogP contribution in [0.1, 0.15) is 21.7 Å². The number of carbonyl (C=O) groups excluding carboxylic acids is 1. The van der Waals surface area contributed by atoms with Crippen LogP contribution in [0.25, 0.3) is 17.1 Å². The SMILES string of the molecule is Cc1ccc(NC(=O)c2nc(-c3ccc(Cl)cc3Cl)n(-c3cc[c]cc3)c2C)nc1. The van der Waals surface area contributed by atoms with Gasteiger partial charge in [0.25, 0.3) is 5.91 Å². The number of rotatable bonds is 4. The Morgan fingerprint density at radius 1 is 1.07 bits per heavy atom. The van der Waals surface area contributed by atoms with E-state index in [0.717, 1.165) is 11.3 Å². The largest absolute Gasteiger partial charge is 0.305 e. The molecule has 5 nitrogen and oxygen atoms in total. The molecule has 2 aromatic carbocycles. The molecule has 4 aromatic rings. The maximum Gasteiger partial charge on any atom is 0.277 e. The molecule has 0 spiro atoms. The van der Waals surface area contributed by atoms with Crippen molar-refractivity contribution in [1.29, 1.82) is 0 Å². The van der Waals surface area contributed by atoms with Gasteiger partial charge in [0, 0.05) is 22.5 Å². The molecule has 2 heterocycles. The van der Waals surface area contributed by atoms with E-state index < -0.39 is 0 Å². The van der Waals surface area contributed by atoms with Gasteiger partial charge in [-0.25, -0.2) is 9.97 Å². The van der Waals surface area contributed by atoms with Crippen LogP contribution in [0.5, 0.6) is 0 Å². The van der Waals surface area contributed by atoms with Crippen LogP contribution in [-0.2, 0) is 0 Å². The highest BCUT2D eigenvalue weighted by molar-refractivity contribution is 6.36. The van der Waals surface area contributed by atoms with E-state index in [1.54, 1.807) is 42.6 Å². The van der Waals surface area contributed by atoms with E-state index in [2.05, 4.69) is 21.4 Å². The molecule has 0 unspecified atom stereocenters. The van der Waals surface area contributed by atoms with Gasteiger partial charge in [0.1, 0.15) is 11.6 Å². The van der Waals surface area contributed by atoms with Gasteiger partial charge in [-0.3, -0.25) is 9.36 Å². The van der Waals surface area contributed by atoms with Gasteiger partial charge in [0.2, 0.25) is 0 Å². The summed E-state index contributed by atoms with van der Waals surface area (Å²) in [7, 11) is 0. The van der Waals surface area contributed by atoms with E-state index >= 15 is 0 Å². The number of anilines is 1. The number of hydrogen-bond donors (Lipinski definition) is 1. The smallest absolute Gasteiger partial charge is 0.277 e. The van der Waals surface area contributed by atoms with Crippen molar-refractivity contribution < 1.29 is 4.79 Å². The van der Waals surface area contributed by atoms with Gasteiger partial charge in [-0.2, -0.15) is 0 Å². The van der Waals surface area contributed by atoms with Crippen LogP contribution >= 0.6 is 23.2 Å². The second-order valence-corrected chi connectivity index (χ2v) is 7.61. The molecule has 0 fully saturated rings. The number of hydrogen-bond acceptors (Lipinski definition) is 3. The highest BCUT2D eigenvalue weighted by atomic mass is 35.5. The third-order valence-electron chi connectivity index (χ3n) is 4.61. The normalized spacial score (nSPS) is 10.8. The van der Waals surface area contributed by atoms with Crippen LogP contribution < -0.4 is 5.32 Å². The minimum atomic E-state index is -0.351. The van der Waals surface area contributed by atoms with Gasteiger partial charge in [-0.1, -0.05) is 41.4 Å². The summed E-state index contributed by atoms with van der Waals surface area (Å²) in [4.78, 5) is 21.9. The van der Waals surface area contributed by atoms with E-state index in [1.807, 2.05) is 36.6 Å². The molecule has 1 amide bonds. The number of pyridine rings is 1. The lowest BCUT2D eigenvalue weighted by molar-refractivity contribution is 0.102. The van der Waals surface area contributed by atoms with Crippen LogP contribution in [0.15, 0.2) is 60.8 Å². The fourth-order valence-electron chi connectivity index (χ4n) is 3.13. The summed E-state index contributed by atoms with van der Waals surface area (Å²) >= 11 is 12.5. The Morgan fingerprint density at radius 2 is 1.83 bits per heavy atom. The number of halogens is 2. The zero-order chi connectivity index (χ0) is 21.3. The van der Waals surface area contributed by atoms with Crippen LogP contribution in [0.2, 0.25) is 10.0 Å². The second-order valence-electron chi connectivity index (χ2n) is 6.76. The predicted molar refractivity (Wildman–Crippen MR) is 120 cm³/mol. The first-order chi connectivity index (χ1) is 14.4. The Bertz CT molecular complexity index is 1220. The third-order valence-corrected chi connectivity index (χ3v) is 5.15. The second kappa shape index (κ2) is 8.30. The summed E-state index contributed by atoms with van der Waals surface area (Å²) in [5.41, 5.74) is 3.48. The van der Waals surface area contributed by atoms with Crippen molar-refractivity contribution in [2.45, 2.75) is 13.8 Å². The standard InChI is InChI=1S/C23H17Cl2N4O/c1-14-8-11-20(26-13-14)27-23(30)21-15(2)29(17-6-4-3-5-7-17)22(28-21)18-10-9-16(24)12-19(18)25/h4-13H,1-2H3,(H,26,27,30). The monoisotopic (exact) mass is 435 g/mol. The molecule has 2 aromatic heterocycles. The van der Waals surface area contributed by atoms with Gasteiger partial charge >= 0.3 is 0 Å². The Hall–Kier alpha value is -3.15. The number of carbonyl (C=O) groups is 1. The topological polar surface area (TPSA) is 59.8 Å². The quantitative estimate of drug-likeness (QED) is 0.433. The molecule has 0 aliphatic rings. The Kier molecular flexibility index (Phi) is 5.57. The zero-order valence-electron chi connectivity index (χ0n) is 16.3. The third kappa shape index (κ3) is 3.95. The number of imidazole rings is 1. The van der Waals surface area contributed by atoms with E-state index in [1.165, 1.54) is 0 Å². The number of aromatic nitrogens is 3. The molecule has 0 saturated heterocycles. The molecule has 0 aliphatic carbocycles. The lowest BCUT2D eigenvalue weighted by Gasteiger charge is -2.11. The van der Waals surface area contributed by atoms with Crippen molar-refractivity contribution in [3.8, 4) is 17.1 Å². The van der Waals surface area contributed by atoms with Crippen molar-refractivity contribution in [3.05, 3.63) is 93.9 Å². The van der Waals surface area contributed by atoms with E-state index in [4.69, 9.17) is 23.2 Å². The summed E-state index contributed by atoms with van der Waals surface area (Å²) in [5, 5.41) is 3.78. The summed E-state index contributed by atoms with van der Waals surface area (Å²) in [6.45, 7) is 3.78. The molecule has 7 heteroatoms. The molecule has 4 rings (SSSR count). The molecule has 1 radical (unpaired) electrons. The molecule has 0 aliphatic heterocycles. The number of benzene rings is 2. The Labute approximate surface area is 184 Å². The highest BCUT2D eigenvalue weighted by Gasteiger charge is 2.23. The Balaban J connectivity index is 1.83. The van der Waals surface area contributed by atoms with E-state index in [0.29, 0.717) is 32.9 Å². The highest BCUT2D eigenvalue weighted by Crippen LogP contribution is 2.33. The first-order valence-electron chi connectivity index (χ1n) is 9.19. The van der Waals surface area contributed by atoms with Crippen LogP contribution in [0.4, 0.5) is 5.82 Å². The summed E-state index contributed by atoms with van der Waals surface area (Å²) in [5.74, 6) is 0.652. The van der Waals surface area contributed by atoms with E-state index in [-0.39, 0.29) is 11.6 Å². The summed E-state index contributed by atoms with van der Waals surface area (Å²) < 4.78 is 1.89. The van der Waals surface area contributed by atoms with Gasteiger partial charge in [-0.15, -0.1) is 0 Å². The fourth-order valence-corrected chi connectivity index (χ4v) is 3.62. The number of nitrogens with one attached hydrogen (secondary N) is 1. The molecule has 0 atom stereocenters. The van der Waals surface area contributed by atoms with Crippen LogP contribution in [-0.4, -0.2) is 20.4 Å². The number of aryl methyl sites for hydroxylation is 1. The molecule has 0 saturated carbocycles. The van der Waals surface area contributed by atoms with Gasteiger partial charge in [-0.05, 0) is 61.9 Å². The van der Waals surface area contributed by atoms with Crippen LogP contribution in [0, 0.1) is 19.9 Å². The molecular weight excluding hydrogens is 419 g/mol. The molecule has 30 heavy (non-hydrogen) atoms. The van der Waals surface area contributed by atoms with Crippen LogP contribution in [0.3, 0.4) is 0 Å². The van der Waals surface area contributed by atoms with Gasteiger partial charge < -0.3 is 5.32 Å². The van der Waals surface area contributed by atoms with Crippen molar-refractivity contribution in [3.63, 3.8) is 0 Å². The molecule has 1 N–H and O–H groups in total. The van der Waals surface area contributed by atoms with Gasteiger partial charge in [0.05, 0.1) is 10.7 Å². The average molecular weight is 436 g/mol. The first kappa shape index (κ1) is 20.1. The van der Waals surface area contributed by atoms with Crippen molar-refractivity contribution in [1.82, 2.24) is 14.5 Å². The molecule has 0 bridgehead atoms. The minimum Gasteiger partial charge on any atom is -0.305 e. The number of amides is 1. The molecular formula is C23H17Cl2N4O. The first-order valence-corrected chi connectivity index (χ1v) is 9.95. The zero-order valence-corrected chi connectivity index (χ0v) is 17.8. The number of nitrogens with zero attached hydrogens (tertiary/aromatic N) is 3. The predicted octanol–water partition coefficient (Wildman–Crippen LogP) is 5.91. The maximum atomic E-state index is 13.0. The van der Waals surface area contributed by atoms with E-state index in [9.17, 15) is 4.79 Å². The maximum absolute atomic E-state index is 13.0. The van der Waals surface area contributed by atoms with Gasteiger partial charge in [0.15, 0.2) is 5.69 Å². The van der Waals surface area contributed by atoms with Crippen molar-refractivity contribution in [2.24, 2.45) is 0 Å². The lowest BCUT2D eigenvalue weighted by Crippen LogP contribution is -2.15. The lowest BCUT2D eigenvalue weighted by atomic mass is 10.2. The summed E-state index contributed by atoms with van der Waals surface area (Å²) in [6.07, 6.45) is 1.69. The Morgan fingerprint density at radius 3 is 2.50 bits per heavy atom. The minimum absolute atomic E-state index is 0.284.